The summed E-state index contributed by atoms with van der Waals surface area (Å²) in [6.07, 6.45) is 4.50. The Morgan fingerprint density at radius 2 is 2.47 bits per heavy atom. The first-order valence-electron chi connectivity index (χ1n) is 5.77. The van der Waals surface area contributed by atoms with Gasteiger partial charge >= 0.3 is 0 Å². The standard InChI is InChI=1S/C11H20N4/c1-3-4-10-9-15(8-6-12-10)11-5-7-14(2)13-11/h5,7,10,12H,3-4,6,8-9H2,1-2H3. The van der Waals surface area contributed by atoms with Crippen molar-refractivity contribution < 1.29 is 0 Å². The van der Waals surface area contributed by atoms with Gasteiger partial charge in [-0.25, -0.2) is 0 Å². The zero-order chi connectivity index (χ0) is 10.7. The van der Waals surface area contributed by atoms with Gasteiger partial charge in [-0.15, -0.1) is 0 Å². The summed E-state index contributed by atoms with van der Waals surface area (Å²) < 4.78 is 1.87. The Labute approximate surface area is 91.3 Å². The van der Waals surface area contributed by atoms with Crippen LogP contribution in [0.3, 0.4) is 0 Å². The van der Waals surface area contributed by atoms with Gasteiger partial charge in [-0.3, -0.25) is 4.68 Å². The van der Waals surface area contributed by atoms with Crippen LogP contribution in [0.4, 0.5) is 5.82 Å². The number of hydrogen-bond donors (Lipinski definition) is 1. The van der Waals surface area contributed by atoms with Crippen LogP contribution < -0.4 is 10.2 Å². The van der Waals surface area contributed by atoms with Gasteiger partial charge in [-0.2, -0.15) is 5.10 Å². The topological polar surface area (TPSA) is 33.1 Å². The minimum absolute atomic E-state index is 0.630. The van der Waals surface area contributed by atoms with Gasteiger partial charge in [-0.1, -0.05) is 13.3 Å². The molecule has 0 radical (unpaired) electrons. The van der Waals surface area contributed by atoms with Crippen molar-refractivity contribution in [3.8, 4) is 0 Å². The van der Waals surface area contributed by atoms with Gasteiger partial charge < -0.3 is 10.2 Å². The van der Waals surface area contributed by atoms with E-state index < -0.39 is 0 Å². The molecule has 4 heteroatoms. The molecule has 1 aromatic heterocycles. The van der Waals surface area contributed by atoms with Gasteiger partial charge in [0.05, 0.1) is 0 Å². The highest BCUT2D eigenvalue weighted by Crippen LogP contribution is 2.13. The predicted octanol–water partition coefficient (Wildman–Crippen LogP) is 0.998. The van der Waals surface area contributed by atoms with E-state index in [-0.39, 0.29) is 0 Å². The van der Waals surface area contributed by atoms with E-state index in [4.69, 9.17) is 0 Å². The van der Waals surface area contributed by atoms with E-state index >= 15 is 0 Å². The summed E-state index contributed by atoms with van der Waals surface area (Å²) in [7, 11) is 1.97. The largest absolute Gasteiger partial charge is 0.352 e. The molecule has 0 amide bonds. The lowest BCUT2D eigenvalue weighted by Gasteiger charge is -2.33. The molecule has 1 aliphatic rings. The molecule has 2 rings (SSSR count). The lowest BCUT2D eigenvalue weighted by Crippen LogP contribution is -2.50. The summed E-state index contributed by atoms with van der Waals surface area (Å²) in [5.74, 6) is 1.11. The third-order valence-corrected chi connectivity index (χ3v) is 2.92. The minimum Gasteiger partial charge on any atom is -0.352 e. The lowest BCUT2D eigenvalue weighted by molar-refractivity contribution is 0.428. The molecular weight excluding hydrogens is 188 g/mol. The van der Waals surface area contributed by atoms with Crippen molar-refractivity contribution in [1.82, 2.24) is 15.1 Å². The fraction of sp³-hybridized carbons (Fsp3) is 0.727. The number of nitrogens with one attached hydrogen (secondary N) is 1. The summed E-state index contributed by atoms with van der Waals surface area (Å²) in [6, 6.07) is 2.72. The first-order chi connectivity index (χ1) is 7.29. The smallest absolute Gasteiger partial charge is 0.150 e. The maximum Gasteiger partial charge on any atom is 0.150 e. The zero-order valence-corrected chi connectivity index (χ0v) is 9.61. The molecule has 0 spiro atoms. The van der Waals surface area contributed by atoms with Gasteiger partial charge in [-0.05, 0) is 6.42 Å². The van der Waals surface area contributed by atoms with Gasteiger partial charge in [0.15, 0.2) is 5.82 Å². The molecule has 1 unspecified atom stereocenters. The molecule has 1 aromatic rings. The fourth-order valence-electron chi connectivity index (χ4n) is 2.15. The van der Waals surface area contributed by atoms with Crippen LogP contribution in [0.1, 0.15) is 19.8 Å². The number of piperazine rings is 1. The molecule has 0 saturated carbocycles. The van der Waals surface area contributed by atoms with Crippen LogP contribution in [0.2, 0.25) is 0 Å². The molecule has 4 nitrogen and oxygen atoms in total. The van der Waals surface area contributed by atoms with Crippen LogP contribution in [0.5, 0.6) is 0 Å². The Balaban J connectivity index is 1.98. The fourth-order valence-corrected chi connectivity index (χ4v) is 2.15. The molecule has 84 valence electrons. The number of hydrogen-bond acceptors (Lipinski definition) is 3. The summed E-state index contributed by atoms with van der Waals surface area (Å²) in [4.78, 5) is 2.37. The Morgan fingerprint density at radius 1 is 1.60 bits per heavy atom. The van der Waals surface area contributed by atoms with Crippen LogP contribution in [0, 0.1) is 0 Å². The lowest BCUT2D eigenvalue weighted by atomic mass is 10.1. The summed E-state index contributed by atoms with van der Waals surface area (Å²) in [6.45, 7) is 5.46. The average molecular weight is 208 g/mol. The van der Waals surface area contributed by atoms with Gasteiger partial charge in [0.1, 0.15) is 0 Å². The zero-order valence-electron chi connectivity index (χ0n) is 9.61. The van der Waals surface area contributed by atoms with E-state index in [0.29, 0.717) is 6.04 Å². The van der Waals surface area contributed by atoms with Crippen LogP contribution in [-0.4, -0.2) is 35.5 Å². The number of aromatic nitrogens is 2. The molecular formula is C11H20N4. The van der Waals surface area contributed by atoms with Crippen molar-refractivity contribution in [1.29, 1.82) is 0 Å². The summed E-state index contributed by atoms with van der Waals surface area (Å²) >= 11 is 0. The number of anilines is 1. The minimum atomic E-state index is 0.630. The summed E-state index contributed by atoms with van der Waals surface area (Å²) in [5.41, 5.74) is 0. The number of aryl methyl sites for hydroxylation is 1. The second-order valence-electron chi connectivity index (χ2n) is 4.23. The van der Waals surface area contributed by atoms with Crippen LogP contribution in [0.15, 0.2) is 12.3 Å². The maximum absolute atomic E-state index is 4.44. The molecule has 1 fully saturated rings. The van der Waals surface area contributed by atoms with Crippen molar-refractivity contribution in [2.75, 3.05) is 24.5 Å². The molecule has 0 aliphatic carbocycles. The van der Waals surface area contributed by atoms with Gasteiger partial charge in [0.25, 0.3) is 0 Å². The average Bonchev–Trinajstić information content (AvgIpc) is 2.66. The Bertz CT molecular complexity index is 305. The van der Waals surface area contributed by atoms with Crippen LogP contribution >= 0.6 is 0 Å². The Morgan fingerprint density at radius 3 is 3.13 bits per heavy atom. The molecule has 0 bridgehead atoms. The Hall–Kier alpha value is -1.03. The van der Waals surface area contributed by atoms with Crippen LogP contribution in [-0.2, 0) is 7.05 Å². The monoisotopic (exact) mass is 208 g/mol. The highest BCUT2D eigenvalue weighted by atomic mass is 15.3. The van der Waals surface area contributed by atoms with E-state index in [1.807, 2.05) is 17.9 Å². The third-order valence-electron chi connectivity index (χ3n) is 2.92. The highest BCUT2D eigenvalue weighted by Gasteiger charge is 2.19. The second kappa shape index (κ2) is 4.66. The van der Waals surface area contributed by atoms with E-state index in [1.165, 1.54) is 12.8 Å². The quantitative estimate of drug-likeness (QED) is 0.804. The molecule has 1 aliphatic heterocycles. The summed E-state index contributed by atoms with van der Waals surface area (Å²) in [5, 5.41) is 7.99. The SMILES string of the molecule is CCCC1CN(c2ccn(C)n2)CCN1. The van der Waals surface area contributed by atoms with Crippen molar-refractivity contribution >= 4 is 5.82 Å². The molecule has 0 aromatic carbocycles. The van der Waals surface area contributed by atoms with E-state index in [9.17, 15) is 0 Å². The van der Waals surface area contributed by atoms with E-state index in [2.05, 4.69) is 28.3 Å². The van der Waals surface area contributed by atoms with E-state index in [1.54, 1.807) is 0 Å². The van der Waals surface area contributed by atoms with Gasteiger partial charge in [0, 0.05) is 45.0 Å². The van der Waals surface area contributed by atoms with Crippen molar-refractivity contribution in [2.24, 2.45) is 7.05 Å². The molecule has 1 N–H and O–H groups in total. The first kappa shape index (κ1) is 10.5. The molecule has 1 saturated heterocycles. The maximum atomic E-state index is 4.44. The predicted molar refractivity (Wildman–Crippen MR) is 62.1 cm³/mol. The first-order valence-corrected chi connectivity index (χ1v) is 5.77. The molecule has 15 heavy (non-hydrogen) atoms. The highest BCUT2D eigenvalue weighted by molar-refractivity contribution is 5.37. The van der Waals surface area contributed by atoms with Gasteiger partial charge in [0.2, 0.25) is 0 Å². The number of nitrogens with zero attached hydrogens (tertiary/aromatic N) is 3. The molecule has 2 heterocycles. The Kier molecular flexibility index (Phi) is 3.26. The van der Waals surface area contributed by atoms with Crippen molar-refractivity contribution in [3.63, 3.8) is 0 Å². The second-order valence-corrected chi connectivity index (χ2v) is 4.23. The van der Waals surface area contributed by atoms with E-state index in [0.717, 1.165) is 25.5 Å². The molecule has 1 atom stereocenters. The normalized spacial score (nSPS) is 22.0. The van der Waals surface area contributed by atoms with Crippen molar-refractivity contribution in [2.45, 2.75) is 25.8 Å². The van der Waals surface area contributed by atoms with Crippen LogP contribution in [0.25, 0.3) is 0 Å². The third kappa shape index (κ3) is 2.50. The van der Waals surface area contributed by atoms with Crippen molar-refractivity contribution in [3.05, 3.63) is 12.3 Å². The number of rotatable bonds is 3.